The standard InChI is InChI=1S/C24H27F2N3O/c25-20-5-2-17(3-6-20)7-11-28-12-9-21(10-13-28)29-14-8-19-4-1-18(16-23(19)29)15-22(26)24(27)30/h1-6,8,14,16,21-22H,7,9-13,15H2,(H2,27,30). The predicted octanol–water partition coefficient (Wildman–Crippen LogP) is 4.03. The van der Waals surface area contributed by atoms with Crippen LogP contribution < -0.4 is 5.73 Å². The van der Waals surface area contributed by atoms with Crippen molar-refractivity contribution in [3.8, 4) is 0 Å². The zero-order valence-corrected chi connectivity index (χ0v) is 16.9. The minimum atomic E-state index is -1.66. The summed E-state index contributed by atoms with van der Waals surface area (Å²) >= 11 is 0. The Kier molecular flexibility index (Phi) is 6.13. The average Bonchev–Trinajstić information content (AvgIpc) is 3.17. The molecule has 4 rings (SSSR count). The Morgan fingerprint density at radius 1 is 1.07 bits per heavy atom. The minimum Gasteiger partial charge on any atom is -0.367 e. The van der Waals surface area contributed by atoms with E-state index in [1.54, 1.807) is 0 Å². The summed E-state index contributed by atoms with van der Waals surface area (Å²) in [5, 5.41) is 1.12. The number of nitrogens with zero attached hydrogens (tertiary/aromatic N) is 2. The monoisotopic (exact) mass is 411 g/mol. The maximum absolute atomic E-state index is 13.7. The topological polar surface area (TPSA) is 51.3 Å². The molecule has 1 saturated heterocycles. The maximum atomic E-state index is 13.7. The highest BCUT2D eigenvalue weighted by molar-refractivity contribution is 5.82. The Hall–Kier alpha value is -2.73. The molecule has 30 heavy (non-hydrogen) atoms. The van der Waals surface area contributed by atoms with Crippen molar-refractivity contribution in [1.29, 1.82) is 0 Å². The van der Waals surface area contributed by atoms with E-state index in [0.29, 0.717) is 6.04 Å². The Bertz CT molecular complexity index is 1010. The van der Waals surface area contributed by atoms with Gasteiger partial charge in [0, 0.05) is 43.8 Å². The molecule has 1 aromatic heterocycles. The molecule has 4 nitrogen and oxygen atoms in total. The van der Waals surface area contributed by atoms with E-state index >= 15 is 0 Å². The predicted molar refractivity (Wildman–Crippen MR) is 115 cm³/mol. The van der Waals surface area contributed by atoms with E-state index in [-0.39, 0.29) is 12.2 Å². The van der Waals surface area contributed by atoms with Gasteiger partial charge in [-0.2, -0.15) is 0 Å². The van der Waals surface area contributed by atoms with Gasteiger partial charge in [0.25, 0.3) is 5.91 Å². The summed E-state index contributed by atoms with van der Waals surface area (Å²) in [6.45, 7) is 3.00. The van der Waals surface area contributed by atoms with E-state index < -0.39 is 12.1 Å². The number of hydrogen-bond acceptors (Lipinski definition) is 2. The number of likely N-dealkylation sites (tertiary alicyclic amines) is 1. The first-order valence-electron chi connectivity index (χ1n) is 10.5. The SMILES string of the molecule is NC(=O)C(F)Cc1ccc2ccn(C3CCN(CCc4ccc(F)cc4)CC3)c2c1. The number of halogens is 2. The lowest BCUT2D eigenvalue weighted by Crippen LogP contribution is -2.35. The molecule has 1 fully saturated rings. The lowest BCUT2D eigenvalue weighted by Gasteiger charge is -2.33. The second kappa shape index (κ2) is 8.96. The molecule has 0 saturated carbocycles. The molecule has 1 atom stereocenters. The van der Waals surface area contributed by atoms with Gasteiger partial charge in [0.15, 0.2) is 6.17 Å². The van der Waals surface area contributed by atoms with Gasteiger partial charge >= 0.3 is 0 Å². The third-order valence-electron chi connectivity index (χ3n) is 6.09. The zero-order valence-electron chi connectivity index (χ0n) is 16.9. The summed E-state index contributed by atoms with van der Waals surface area (Å²) < 4.78 is 29.1. The molecule has 158 valence electrons. The summed E-state index contributed by atoms with van der Waals surface area (Å²) in [7, 11) is 0. The van der Waals surface area contributed by atoms with E-state index in [1.165, 1.54) is 12.1 Å². The Morgan fingerprint density at radius 2 is 1.77 bits per heavy atom. The van der Waals surface area contributed by atoms with Crippen LogP contribution in [0.3, 0.4) is 0 Å². The molecule has 1 unspecified atom stereocenters. The molecule has 1 amide bonds. The van der Waals surface area contributed by atoms with Gasteiger partial charge in [-0.3, -0.25) is 4.79 Å². The van der Waals surface area contributed by atoms with E-state index in [9.17, 15) is 13.6 Å². The Balaban J connectivity index is 1.38. The molecule has 2 N–H and O–H groups in total. The third-order valence-corrected chi connectivity index (χ3v) is 6.09. The molecule has 0 spiro atoms. The van der Waals surface area contributed by atoms with Crippen molar-refractivity contribution in [2.75, 3.05) is 19.6 Å². The highest BCUT2D eigenvalue weighted by Gasteiger charge is 2.22. The van der Waals surface area contributed by atoms with Crippen molar-refractivity contribution >= 4 is 16.8 Å². The number of benzene rings is 2. The van der Waals surface area contributed by atoms with Crippen LogP contribution in [0.15, 0.2) is 54.7 Å². The van der Waals surface area contributed by atoms with Gasteiger partial charge in [-0.15, -0.1) is 0 Å². The summed E-state index contributed by atoms with van der Waals surface area (Å²) in [6, 6.07) is 15.0. The molecule has 3 aromatic rings. The quantitative estimate of drug-likeness (QED) is 0.638. The van der Waals surface area contributed by atoms with E-state index in [4.69, 9.17) is 5.73 Å². The highest BCUT2D eigenvalue weighted by Crippen LogP contribution is 2.29. The maximum Gasteiger partial charge on any atom is 0.252 e. The van der Waals surface area contributed by atoms with Crippen molar-refractivity contribution in [2.24, 2.45) is 5.73 Å². The van der Waals surface area contributed by atoms with Gasteiger partial charge < -0.3 is 15.2 Å². The van der Waals surface area contributed by atoms with Gasteiger partial charge in [-0.05, 0) is 60.0 Å². The number of alkyl halides is 1. The molecule has 2 heterocycles. The molecule has 0 aliphatic carbocycles. The average molecular weight is 411 g/mol. The fourth-order valence-corrected chi connectivity index (χ4v) is 4.31. The first-order valence-corrected chi connectivity index (χ1v) is 10.5. The van der Waals surface area contributed by atoms with Crippen LogP contribution in [0.5, 0.6) is 0 Å². The number of aromatic nitrogens is 1. The number of nitrogens with two attached hydrogens (primary N) is 1. The van der Waals surface area contributed by atoms with Crippen molar-refractivity contribution in [3.63, 3.8) is 0 Å². The first-order chi connectivity index (χ1) is 14.5. The highest BCUT2D eigenvalue weighted by atomic mass is 19.1. The first kappa shape index (κ1) is 20.5. The number of piperidine rings is 1. The molecule has 1 aliphatic heterocycles. The van der Waals surface area contributed by atoms with Crippen molar-refractivity contribution in [2.45, 2.75) is 37.9 Å². The number of carbonyl (C=O) groups excluding carboxylic acids is 1. The van der Waals surface area contributed by atoms with Crippen molar-refractivity contribution < 1.29 is 13.6 Å². The fraction of sp³-hybridized carbons (Fsp3) is 0.375. The van der Waals surface area contributed by atoms with Crippen LogP contribution in [0.1, 0.15) is 30.0 Å². The molecule has 1 aliphatic rings. The van der Waals surface area contributed by atoms with Gasteiger partial charge in [0.2, 0.25) is 0 Å². The number of rotatable bonds is 7. The lowest BCUT2D eigenvalue weighted by atomic mass is 10.0. The van der Waals surface area contributed by atoms with Crippen LogP contribution in [0.4, 0.5) is 8.78 Å². The summed E-state index contributed by atoms with van der Waals surface area (Å²) in [5.74, 6) is -1.11. The number of hydrogen-bond donors (Lipinski definition) is 1. The van der Waals surface area contributed by atoms with E-state index in [0.717, 1.165) is 60.9 Å². The van der Waals surface area contributed by atoms with E-state index in [2.05, 4.69) is 21.7 Å². The molecule has 2 aromatic carbocycles. The molecular formula is C24H27F2N3O. The normalized spacial score (nSPS) is 16.7. The van der Waals surface area contributed by atoms with Crippen LogP contribution in [0.2, 0.25) is 0 Å². The van der Waals surface area contributed by atoms with Crippen LogP contribution in [-0.4, -0.2) is 41.2 Å². The van der Waals surface area contributed by atoms with Gasteiger partial charge in [-0.1, -0.05) is 24.3 Å². The zero-order chi connectivity index (χ0) is 21.1. The van der Waals surface area contributed by atoms with E-state index in [1.807, 2.05) is 30.3 Å². The molecular weight excluding hydrogens is 384 g/mol. The second-order valence-electron chi connectivity index (χ2n) is 8.14. The van der Waals surface area contributed by atoms with Gasteiger partial charge in [0.1, 0.15) is 5.82 Å². The summed E-state index contributed by atoms with van der Waals surface area (Å²) in [6.07, 6.45) is 3.47. The van der Waals surface area contributed by atoms with Crippen LogP contribution in [0, 0.1) is 5.82 Å². The second-order valence-corrected chi connectivity index (χ2v) is 8.14. The number of primary amides is 1. The van der Waals surface area contributed by atoms with Crippen LogP contribution >= 0.6 is 0 Å². The number of fused-ring (bicyclic) bond motifs is 1. The number of carbonyl (C=O) groups is 1. The summed E-state index contributed by atoms with van der Waals surface area (Å²) in [5.41, 5.74) is 8.08. The molecule has 6 heteroatoms. The minimum absolute atomic E-state index is 0.0122. The summed E-state index contributed by atoms with van der Waals surface area (Å²) in [4.78, 5) is 13.5. The Morgan fingerprint density at radius 3 is 2.47 bits per heavy atom. The number of amides is 1. The van der Waals surface area contributed by atoms with Crippen LogP contribution in [-0.2, 0) is 17.6 Å². The smallest absolute Gasteiger partial charge is 0.252 e. The third kappa shape index (κ3) is 4.70. The van der Waals surface area contributed by atoms with Crippen LogP contribution in [0.25, 0.3) is 10.9 Å². The Labute approximate surface area is 175 Å². The van der Waals surface area contributed by atoms with Gasteiger partial charge in [-0.25, -0.2) is 8.78 Å². The van der Waals surface area contributed by atoms with Gasteiger partial charge in [0.05, 0.1) is 0 Å². The molecule has 0 bridgehead atoms. The van der Waals surface area contributed by atoms with Crippen molar-refractivity contribution in [1.82, 2.24) is 9.47 Å². The lowest BCUT2D eigenvalue weighted by molar-refractivity contribution is -0.122. The fourth-order valence-electron chi connectivity index (χ4n) is 4.31. The molecule has 0 radical (unpaired) electrons. The largest absolute Gasteiger partial charge is 0.367 e. The van der Waals surface area contributed by atoms with Crippen molar-refractivity contribution in [3.05, 3.63) is 71.7 Å².